The summed E-state index contributed by atoms with van der Waals surface area (Å²) in [6, 6.07) is 1.70. The van der Waals surface area contributed by atoms with Gasteiger partial charge in [0.1, 0.15) is 0 Å². The third-order valence-electron chi connectivity index (χ3n) is 11.5. The molecule has 276 valence electrons. The normalized spacial score (nSPS) is 35.3. The number of esters is 4. The summed E-state index contributed by atoms with van der Waals surface area (Å²) in [6.07, 6.45) is 0.491. The van der Waals surface area contributed by atoms with Crippen LogP contribution < -0.4 is 0 Å². The fraction of sp³-hybridized carbons (Fsp3) is 0.875. The van der Waals surface area contributed by atoms with Gasteiger partial charge in [0.15, 0.2) is 33.3 Å². The van der Waals surface area contributed by atoms with Crippen LogP contribution in [-0.4, -0.2) is 121 Å². The van der Waals surface area contributed by atoms with Crippen LogP contribution in [0.3, 0.4) is 0 Å². The Bertz CT molecular complexity index is 1210. The van der Waals surface area contributed by atoms with E-state index < -0.39 is 80.8 Å². The number of hydrogen-bond acceptors (Lipinski definition) is 13. The van der Waals surface area contributed by atoms with Crippen molar-refractivity contribution in [2.24, 2.45) is 23.7 Å². The Kier molecular flexibility index (Phi) is 10.8. The van der Waals surface area contributed by atoms with Gasteiger partial charge >= 0.3 is 23.9 Å². The molecule has 0 saturated carbocycles. The maximum Gasteiger partial charge on any atom is 0.320 e. The van der Waals surface area contributed by atoms with Crippen LogP contribution in [0.1, 0.15) is 12.8 Å². The Balaban J connectivity index is 0.809. The Morgan fingerprint density at radius 2 is 0.837 bits per heavy atom. The molecule has 6 heterocycles. The average molecular weight is 759 g/mol. The first-order chi connectivity index (χ1) is 22.9. The summed E-state index contributed by atoms with van der Waals surface area (Å²) in [6.45, 7) is 20.8. The van der Waals surface area contributed by atoms with Gasteiger partial charge in [0.2, 0.25) is 0 Å². The first-order valence-corrected chi connectivity index (χ1v) is 30.1. The van der Waals surface area contributed by atoms with Crippen LogP contribution >= 0.6 is 0 Å². The zero-order valence-corrected chi connectivity index (χ0v) is 34.2. The molecule has 4 bridgehead atoms. The number of hydrogen-bond donors (Lipinski definition) is 0. The van der Waals surface area contributed by atoms with E-state index in [2.05, 4.69) is 52.4 Å². The molecule has 49 heavy (non-hydrogen) atoms. The van der Waals surface area contributed by atoms with Gasteiger partial charge in [0.05, 0.1) is 74.5 Å². The monoisotopic (exact) mass is 758 g/mol. The molecular formula is C32H54O13Si4. The molecule has 0 aromatic carbocycles. The van der Waals surface area contributed by atoms with E-state index >= 15 is 0 Å². The Labute approximate surface area is 293 Å². The second kappa shape index (κ2) is 14.0. The second-order valence-corrected chi connectivity index (χ2v) is 34.4. The van der Waals surface area contributed by atoms with Crippen molar-refractivity contribution < 1.29 is 60.6 Å². The maximum atomic E-state index is 12.3. The Hall–Kier alpha value is -1.13. The van der Waals surface area contributed by atoms with Crippen LogP contribution in [0.2, 0.25) is 75.5 Å². The third-order valence-corrected chi connectivity index (χ3v) is 27.7. The molecule has 0 aliphatic carbocycles. The van der Waals surface area contributed by atoms with E-state index in [1.807, 2.05) is 0 Å². The minimum atomic E-state index is -2.22. The van der Waals surface area contributed by atoms with E-state index in [-0.39, 0.29) is 35.5 Å². The molecule has 0 N–H and O–H groups in total. The van der Waals surface area contributed by atoms with Gasteiger partial charge in [0, 0.05) is 24.3 Å². The topological polar surface area (TPSA) is 151 Å². The number of ether oxygens (including phenoxy) is 7. The summed E-state index contributed by atoms with van der Waals surface area (Å²) in [5.74, 6) is -3.54. The van der Waals surface area contributed by atoms with E-state index in [0.717, 1.165) is 24.9 Å². The summed E-state index contributed by atoms with van der Waals surface area (Å²) in [4.78, 5) is 48.8. The van der Waals surface area contributed by atoms with Gasteiger partial charge in [-0.3, -0.25) is 19.2 Å². The number of rotatable bonds is 18. The van der Waals surface area contributed by atoms with Crippen LogP contribution in [0.4, 0.5) is 0 Å². The molecule has 6 aliphatic rings. The lowest BCUT2D eigenvalue weighted by molar-refractivity contribution is -0.158. The van der Waals surface area contributed by atoms with Crippen LogP contribution in [-0.2, 0) is 60.6 Å². The molecule has 0 amide bonds. The fourth-order valence-electron chi connectivity index (χ4n) is 9.32. The van der Waals surface area contributed by atoms with Gasteiger partial charge in [-0.15, -0.1) is 0 Å². The zero-order valence-electron chi connectivity index (χ0n) is 30.2. The third kappa shape index (κ3) is 7.68. The van der Waals surface area contributed by atoms with E-state index in [4.69, 9.17) is 41.4 Å². The lowest BCUT2D eigenvalue weighted by Crippen LogP contribution is -2.52. The van der Waals surface area contributed by atoms with Crippen LogP contribution in [0.25, 0.3) is 0 Å². The Morgan fingerprint density at radius 1 is 0.510 bits per heavy atom. The number of carbonyl (C=O) groups is 4. The quantitative estimate of drug-likeness (QED) is 0.0868. The van der Waals surface area contributed by atoms with Crippen molar-refractivity contribution in [2.45, 2.75) is 113 Å². The zero-order chi connectivity index (χ0) is 35.5. The molecular weight excluding hydrogens is 705 g/mol. The molecule has 0 aromatic rings. The largest absolute Gasteiger partial charge is 0.455 e. The predicted octanol–water partition coefficient (Wildman–Crippen LogP) is 3.60. The first kappa shape index (κ1) is 37.6. The van der Waals surface area contributed by atoms with Crippen molar-refractivity contribution >= 4 is 57.1 Å². The molecule has 13 nitrogen and oxygen atoms in total. The number of cyclic esters (lactones) is 4. The van der Waals surface area contributed by atoms with Crippen molar-refractivity contribution in [3.8, 4) is 0 Å². The van der Waals surface area contributed by atoms with Crippen molar-refractivity contribution in [3.05, 3.63) is 0 Å². The predicted molar refractivity (Wildman–Crippen MR) is 184 cm³/mol. The molecule has 6 aliphatic heterocycles. The molecule has 0 radical (unpaired) electrons. The first-order valence-electron chi connectivity index (χ1n) is 17.9. The highest BCUT2D eigenvalue weighted by molar-refractivity contribution is 6.86. The summed E-state index contributed by atoms with van der Waals surface area (Å²) in [5.41, 5.74) is 0.324. The smallest absolute Gasteiger partial charge is 0.320 e. The second-order valence-electron chi connectivity index (χ2n) is 16.8. The highest BCUT2D eigenvalue weighted by Crippen LogP contribution is 2.57. The molecule has 10 unspecified atom stereocenters. The van der Waals surface area contributed by atoms with Crippen molar-refractivity contribution in [1.29, 1.82) is 0 Å². The summed E-state index contributed by atoms with van der Waals surface area (Å²) < 4.78 is 53.3. The van der Waals surface area contributed by atoms with Gasteiger partial charge in [-0.05, 0) is 77.3 Å². The molecule has 0 spiro atoms. The highest BCUT2D eigenvalue weighted by atomic mass is 28.4. The minimum absolute atomic E-state index is 0.162. The molecule has 6 rings (SSSR count). The van der Waals surface area contributed by atoms with Crippen LogP contribution in [0.5, 0.6) is 0 Å². The van der Waals surface area contributed by atoms with E-state index in [9.17, 15) is 19.2 Å². The number of fused-ring (bicyclic) bond motifs is 10. The summed E-state index contributed by atoms with van der Waals surface area (Å²) >= 11 is 0. The maximum absolute atomic E-state index is 12.3. The molecule has 6 saturated heterocycles. The van der Waals surface area contributed by atoms with Crippen molar-refractivity contribution in [2.75, 3.05) is 39.6 Å². The van der Waals surface area contributed by atoms with Crippen molar-refractivity contribution in [1.82, 2.24) is 0 Å². The van der Waals surface area contributed by atoms with E-state index in [0.29, 0.717) is 39.6 Å². The molecule has 10 atom stereocenters. The van der Waals surface area contributed by atoms with Gasteiger partial charge in [-0.2, -0.15) is 0 Å². The summed E-state index contributed by atoms with van der Waals surface area (Å²) in [5, 5.41) is 0. The van der Waals surface area contributed by atoms with E-state index in [1.165, 1.54) is 0 Å². The van der Waals surface area contributed by atoms with Crippen LogP contribution in [0, 0.1) is 23.7 Å². The highest BCUT2D eigenvalue weighted by Gasteiger charge is 2.68. The lowest BCUT2D eigenvalue weighted by Gasteiger charge is -2.41. The van der Waals surface area contributed by atoms with Gasteiger partial charge in [-0.1, -0.05) is 0 Å². The van der Waals surface area contributed by atoms with Crippen LogP contribution in [0.15, 0.2) is 0 Å². The lowest BCUT2D eigenvalue weighted by atomic mass is 9.81. The molecule has 17 heteroatoms. The fourth-order valence-corrected chi connectivity index (χ4v) is 27.8. The number of carbonyl (C=O) groups excluding carboxylic acids is 4. The minimum Gasteiger partial charge on any atom is -0.455 e. The van der Waals surface area contributed by atoms with Crippen molar-refractivity contribution in [3.63, 3.8) is 0 Å². The molecule has 6 fully saturated rings. The summed E-state index contributed by atoms with van der Waals surface area (Å²) in [7, 11) is -8.53. The standard InChI is InChI=1S/C32H54O13Si4/c1-46(2,44-48(5,6)21-17-19-23-25(27(21)40-19)31(35)42-29(23)33)15-13-38-11-9-37-10-12-39-14-16-47(3,4)45-49(7,8)22-18-20-24-26(28(22)41-20)32(36)43-30(24)34/h19-28H,9-18H2,1-8H3. The van der Waals surface area contributed by atoms with E-state index in [1.54, 1.807) is 0 Å². The van der Waals surface area contributed by atoms with Gasteiger partial charge in [0.25, 0.3) is 0 Å². The van der Waals surface area contributed by atoms with Gasteiger partial charge < -0.3 is 41.4 Å². The van der Waals surface area contributed by atoms with Gasteiger partial charge in [-0.25, -0.2) is 0 Å². The average Bonchev–Trinajstić information content (AvgIpc) is 3.82. The Morgan fingerprint density at radius 3 is 1.20 bits per heavy atom. The SMILES string of the molecule is C[Si](C)(CCOCCOCCOCC[Si](C)(C)O[Si](C)(C)C1CC2OC1C1C(=O)OC(=O)C21)O[Si](C)(C)C1CC2OC1C1C(=O)OC(=O)C21. The molecule has 0 aromatic heterocycles.